The van der Waals surface area contributed by atoms with Gasteiger partial charge in [0, 0.05) is 6.42 Å². The maximum Gasteiger partial charge on any atom is 0.238 e. The molecule has 1 saturated heterocycles. The summed E-state index contributed by atoms with van der Waals surface area (Å²) in [6.07, 6.45) is 2.43. The predicted molar refractivity (Wildman–Crippen MR) is 68.7 cm³/mol. The Morgan fingerprint density at radius 1 is 1.50 bits per heavy atom. The van der Waals surface area contributed by atoms with E-state index in [1.807, 2.05) is 30.3 Å². The van der Waals surface area contributed by atoms with Crippen molar-refractivity contribution in [3.63, 3.8) is 0 Å². The van der Waals surface area contributed by atoms with Gasteiger partial charge in [-0.15, -0.1) is 0 Å². The van der Waals surface area contributed by atoms with Gasteiger partial charge in [-0.05, 0) is 24.9 Å². The van der Waals surface area contributed by atoms with Crippen LogP contribution >= 0.6 is 0 Å². The molecule has 1 amide bonds. The first-order valence-corrected chi connectivity index (χ1v) is 6.27. The summed E-state index contributed by atoms with van der Waals surface area (Å²) in [7, 11) is 0. The van der Waals surface area contributed by atoms with Gasteiger partial charge < -0.3 is 10.6 Å². The fourth-order valence-electron chi connectivity index (χ4n) is 2.16. The van der Waals surface area contributed by atoms with Gasteiger partial charge in [-0.3, -0.25) is 4.79 Å². The second kappa shape index (κ2) is 6.18. The molecule has 18 heavy (non-hydrogen) atoms. The van der Waals surface area contributed by atoms with Crippen LogP contribution in [0.3, 0.4) is 0 Å². The van der Waals surface area contributed by atoms with Crippen molar-refractivity contribution >= 4 is 5.91 Å². The number of nitriles is 1. The average Bonchev–Trinajstić information content (AvgIpc) is 2.93. The van der Waals surface area contributed by atoms with E-state index in [9.17, 15) is 4.79 Å². The van der Waals surface area contributed by atoms with E-state index in [0.29, 0.717) is 6.42 Å². The lowest BCUT2D eigenvalue weighted by Crippen LogP contribution is -2.45. The minimum absolute atomic E-state index is 0.0602. The molecular formula is C14H17N3O. The molecule has 4 heteroatoms. The van der Waals surface area contributed by atoms with Crippen LogP contribution in [0.2, 0.25) is 0 Å². The summed E-state index contributed by atoms with van der Waals surface area (Å²) in [5.74, 6) is -0.0602. The Balaban J connectivity index is 1.89. The van der Waals surface area contributed by atoms with Gasteiger partial charge in [0.05, 0.1) is 12.1 Å². The molecule has 0 spiro atoms. The summed E-state index contributed by atoms with van der Waals surface area (Å²) in [5.41, 5.74) is 1.06. The monoisotopic (exact) mass is 243 g/mol. The van der Waals surface area contributed by atoms with Crippen LogP contribution < -0.4 is 10.6 Å². The highest BCUT2D eigenvalue weighted by Crippen LogP contribution is 2.07. The molecule has 0 aliphatic carbocycles. The largest absolute Gasteiger partial charge is 0.339 e. The Kier molecular flexibility index (Phi) is 4.32. The Morgan fingerprint density at radius 3 is 2.89 bits per heavy atom. The van der Waals surface area contributed by atoms with Crippen molar-refractivity contribution in [3.8, 4) is 6.07 Å². The molecule has 1 aliphatic heterocycles. The maximum absolute atomic E-state index is 11.9. The highest BCUT2D eigenvalue weighted by Gasteiger charge is 2.24. The van der Waals surface area contributed by atoms with Gasteiger partial charge in [0.25, 0.3) is 0 Å². The van der Waals surface area contributed by atoms with Crippen LogP contribution in [-0.2, 0) is 11.2 Å². The van der Waals surface area contributed by atoms with E-state index in [1.165, 1.54) is 0 Å². The fourth-order valence-corrected chi connectivity index (χ4v) is 2.16. The highest BCUT2D eigenvalue weighted by atomic mass is 16.2. The van der Waals surface area contributed by atoms with Crippen molar-refractivity contribution in [2.45, 2.75) is 31.3 Å². The SMILES string of the molecule is N#C[C@H](Cc1ccccc1)NC(=O)[C@@H]1CCCN1. The molecule has 1 aliphatic rings. The third kappa shape index (κ3) is 3.31. The number of nitrogens with zero attached hydrogens (tertiary/aromatic N) is 1. The third-order valence-electron chi connectivity index (χ3n) is 3.13. The lowest BCUT2D eigenvalue weighted by atomic mass is 10.1. The van der Waals surface area contributed by atoms with E-state index >= 15 is 0 Å². The van der Waals surface area contributed by atoms with Crippen molar-refractivity contribution in [2.75, 3.05) is 6.54 Å². The highest BCUT2D eigenvalue weighted by molar-refractivity contribution is 5.82. The van der Waals surface area contributed by atoms with E-state index in [2.05, 4.69) is 16.7 Å². The molecule has 2 atom stereocenters. The van der Waals surface area contributed by atoms with E-state index in [-0.39, 0.29) is 11.9 Å². The second-order valence-corrected chi connectivity index (χ2v) is 4.53. The van der Waals surface area contributed by atoms with Crippen molar-refractivity contribution in [1.29, 1.82) is 5.26 Å². The Bertz CT molecular complexity index is 432. The normalized spacial score (nSPS) is 20.1. The van der Waals surface area contributed by atoms with Crippen molar-refractivity contribution < 1.29 is 4.79 Å². The molecule has 4 nitrogen and oxygen atoms in total. The van der Waals surface area contributed by atoms with Crippen LogP contribution in [-0.4, -0.2) is 24.5 Å². The maximum atomic E-state index is 11.9. The minimum atomic E-state index is -0.456. The van der Waals surface area contributed by atoms with E-state index in [0.717, 1.165) is 24.9 Å². The van der Waals surface area contributed by atoms with Crippen LogP contribution in [0, 0.1) is 11.3 Å². The van der Waals surface area contributed by atoms with Gasteiger partial charge in [-0.25, -0.2) is 0 Å². The molecule has 1 fully saturated rings. The topological polar surface area (TPSA) is 64.9 Å². The van der Waals surface area contributed by atoms with E-state index in [1.54, 1.807) is 0 Å². The molecule has 1 heterocycles. The molecule has 1 aromatic carbocycles. The van der Waals surface area contributed by atoms with Crippen molar-refractivity contribution in [3.05, 3.63) is 35.9 Å². The zero-order chi connectivity index (χ0) is 12.8. The first-order chi connectivity index (χ1) is 8.79. The average molecular weight is 243 g/mol. The van der Waals surface area contributed by atoms with Gasteiger partial charge in [0.15, 0.2) is 0 Å². The standard InChI is InChI=1S/C14H17N3O/c15-10-12(9-11-5-2-1-3-6-11)17-14(18)13-7-4-8-16-13/h1-3,5-6,12-13,16H,4,7-9H2,(H,17,18)/t12-,13-/m0/s1. The van der Waals surface area contributed by atoms with Crippen LogP contribution in [0.15, 0.2) is 30.3 Å². The number of amides is 1. The smallest absolute Gasteiger partial charge is 0.238 e. The number of nitrogens with one attached hydrogen (secondary N) is 2. The van der Waals surface area contributed by atoms with E-state index < -0.39 is 6.04 Å². The summed E-state index contributed by atoms with van der Waals surface area (Å²) in [6.45, 7) is 0.883. The zero-order valence-electron chi connectivity index (χ0n) is 10.2. The van der Waals surface area contributed by atoms with Crippen LogP contribution in [0.25, 0.3) is 0 Å². The zero-order valence-corrected chi connectivity index (χ0v) is 10.2. The summed E-state index contributed by atoms with van der Waals surface area (Å²) >= 11 is 0. The number of hydrogen-bond acceptors (Lipinski definition) is 3. The van der Waals surface area contributed by atoms with Crippen LogP contribution in [0.5, 0.6) is 0 Å². The number of carbonyl (C=O) groups is 1. The van der Waals surface area contributed by atoms with Gasteiger partial charge in [0.1, 0.15) is 6.04 Å². The first-order valence-electron chi connectivity index (χ1n) is 6.27. The van der Waals surface area contributed by atoms with Crippen LogP contribution in [0.4, 0.5) is 0 Å². The summed E-state index contributed by atoms with van der Waals surface area (Å²) in [6, 6.07) is 11.3. The van der Waals surface area contributed by atoms with Gasteiger partial charge in [-0.2, -0.15) is 5.26 Å². The lowest BCUT2D eigenvalue weighted by molar-refractivity contribution is -0.123. The van der Waals surface area contributed by atoms with Crippen molar-refractivity contribution in [2.24, 2.45) is 0 Å². The van der Waals surface area contributed by atoms with E-state index in [4.69, 9.17) is 5.26 Å². The number of benzene rings is 1. The molecule has 0 aromatic heterocycles. The van der Waals surface area contributed by atoms with Gasteiger partial charge in [0.2, 0.25) is 5.91 Å². The second-order valence-electron chi connectivity index (χ2n) is 4.53. The summed E-state index contributed by atoms with van der Waals surface area (Å²) in [4.78, 5) is 11.9. The number of hydrogen-bond donors (Lipinski definition) is 2. The minimum Gasteiger partial charge on any atom is -0.339 e. The molecule has 0 saturated carbocycles. The van der Waals surface area contributed by atoms with Gasteiger partial charge >= 0.3 is 0 Å². The summed E-state index contributed by atoms with van der Waals surface area (Å²) in [5, 5.41) is 15.0. The Morgan fingerprint density at radius 2 is 2.28 bits per heavy atom. The quantitative estimate of drug-likeness (QED) is 0.829. The van der Waals surface area contributed by atoms with Gasteiger partial charge in [-0.1, -0.05) is 30.3 Å². The number of rotatable bonds is 4. The molecular weight excluding hydrogens is 226 g/mol. The fraction of sp³-hybridized carbons (Fsp3) is 0.429. The molecule has 0 unspecified atom stereocenters. The molecule has 2 rings (SSSR count). The molecule has 0 bridgehead atoms. The predicted octanol–water partition coefficient (Wildman–Crippen LogP) is 0.989. The Hall–Kier alpha value is -1.86. The van der Waals surface area contributed by atoms with Crippen molar-refractivity contribution in [1.82, 2.24) is 10.6 Å². The molecule has 2 N–H and O–H groups in total. The lowest BCUT2D eigenvalue weighted by Gasteiger charge is -2.15. The Labute approximate surface area is 107 Å². The summed E-state index contributed by atoms with van der Waals surface area (Å²) < 4.78 is 0. The number of carbonyl (C=O) groups excluding carboxylic acids is 1. The third-order valence-corrected chi connectivity index (χ3v) is 3.13. The molecule has 94 valence electrons. The first kappa shape index (κ1) is 12.6. The molecule has 0 radical (unpaired) electrons. The van der Waals surface area contributed by atoms with Crippen LogP contribution in [0.1, 0.15) is 18.4 Å². The molecule has 1 aromatic rings.